The molecular weight excluding hydrogens is 380 g/mol. The van der Waals surface area contributed by atoms with E-state index in [1.807, 2.05) is 42.7 Å². The lowest BCUT2D eigenvalue weighted by atomic mass is 9.86. The van der Waals surface area contributed by atoms with Crippen molar-refractivity contribution in [2.24, 2.45) is 0 Å². The number of nitrogens with zero attached hydrogens (tertiary/aromatic N) is 3. The van der Waals surface area contributed by atoms with Crippen LogP contribution in [0.5, 0.6) is 5.75 Å². The van der Waals surface area contributed by atoms with Gasteiger partial charge in [0.25, 0.3) is 0 Å². The molecule has 0 amide bonds. The number of aromatic nitrogens is 2. The summed E-state index contributed by atoms with van der Waals surface area (Å²) < 4.78 is 5.28. The lowest BCUT2D eigenvalue weighted by molar-refractivity contribution is 0.415. The molecule has 148 valence electrons. The first-order valence-corrected chi connectivity index (χ1v) is 10.5. The van der Waals surface area contributed by atoms with Gasteiger partial charge >= 0.3 is 0 Å². The molecule has 0 saturated carbocycles. The van der Waals surface area contributed by atoms with Crippen molar-refractivity contribution in [1.29, 1.82) is 5.26 Å². The van der Waals surface area contributed by atoms with Crippen LogP contribution in [0, 0.1) is 11.3 Å². The zero-order chi connectivity index (χ0) is 21.0. The number of hydrogen-bond donors (Lipinski definition) is 1. The van der Waals surface area contributed by atoms with E-state index in [0.717, 1.165) is 17.0 Å². The molecular formula is C23H24N4OS. The maximum absolute atomic E-state index is 9.89. The minimum Gasteiger partial charge on any atom is -0.497 e. The summed E-state index contributed by atoms with van der Waals surface area (Å²) in [6, 6.07) is 18.0. The minimum absolute atomic E-state index is 0.0613. The summed E-state index contributed by atoms with van der Waals surface area (Å²) in [5, 5.41) is 13.7. The molecule has 3 aromatic rings. The molecule has 29 heavy (non-hydrogen) atoms. The molecule has 0 saturated heterocycles. The molecule has 0 aliphatic carbocycles. The molecule has 0 atom stereocenters. The van der Waals surface area contributed by atoms with Crippen LogP contribution in [-0.4, -0.2) is 23.3 Å². The highest BCUT2D eigenvalue weighted by Gasteiger charge is 2.18. The number of ether oxygens (including phenoxy) is 1. The number of thioether (sulfide) groups is 1. The number of benzene rings is 2. The highest BCUT2D eigenvalue weighted by atomic mass is 32.2. The van der Waals surface area contributed by atoms with Gasteiger partial charge in [-0.2, -0.15) is 5.26 Å². The Morgan fingerprint density at radius 2 is 1.79 bits per heavy atom. The van der Waals surface area contributed by atoms with Gasteiger partial charge in [-0.05, 0) is 29.4 Å². The average molecular weight is 405 g/mol. The maximum atomic E-state index is 9.89. The van der Waals surface area contributed by atoms with Gasteiger partial charge in [0.15, 0.2) is 11.0 Å². The Kier molecular flexibility index (Phi) is 6.09. The molecule has 1 aromatic heterocycles. The van der Waals surface area contributed by atoms with Gasteiger partial charge in [0, 0.05) is 17.3 Å². The molecule has 1 N–H and O–H groups in total. The Bertz CT molecular complexity index is 1050. The van der Waals surface area contributed by atoms with Crippen LogP contribution in [0.15, 0.2) is 53.7 Å². The molecule has 6 heteroatoms. The zero-order valence-electron chi connectivity index (χ0n) is 17.3. The summed E-state index contributed by atoms with van der Waals surface area (Å²) in [4.78, 5) is 9.16. The van der Waals surface area contributed by atoms with E-state index in [1.54, 1.807) is 7.11 Å². The quantitative estimate of drug-likeness (QED) is 0.429. The Morgan fingerprint density at radius 3 is 2.38 bits per heavy atom. The van der Waals surface area contributed by atoms with Crippen molar-refractivity contribution in [2.75, 3.05) is 18.7 Å². The number of nitrogens with one attached hydrogen (secondary N) is 1. The van der Waals surface area contributed by atoms with Gasteiger partial charge in [-0.3, -0.25) is 0 Å². The zero-order valence-corrected chi connectivity index (χ0v) is 18.1. The number of anilines is 2. The van der Waals surface area contributed by atoms with Crippen LogP contribution in [0.3, 0.4) is 0 Å². The number of methoxy groups -OCH3 is 1. The summed E-state index contributed by atoms with van der Waals surface area (Å²) in [6.45, 7) is 6.53. The first-order valence-electron chi connectivity index (χ1n) is 9.24. The van der Waals surface area contributed by atoms with E-state index in [9.17, 15) is 5.26 Å². The van der Waals surface area contributed by atoms with E-state index in [4.69, 9.17) is 4.74 Å². The highest BCUT2D eigenvalue weighted by molar-refractivity contribution is 7.98. The van der Waals surface area contributed by atoms with Crippen molar-refractivity contribution in [1.82, 2.24) is 9.97 Å². The van der Waals surface area contributed by atoms with E-state index >= 15 is 0 Å². The molecule has 0 bridgehead atoms. The van der Waals surface area contributed by atoms with Crippen LogP contribution in [-0.2, 0) is 5.41 Å². The van der Waals surface area contributed by atoms with Crippen molar-refractivity contribution in [3.63, 3.8) is 0 Å². The van der Waals surface area contributed by atoms with Crippen molar-refractivity contribution >= 4 is 23.3 Å². The van der Waals surface area contributed by atoms with Crippen LogP contribution < -0.4 is 10.1 Å². The molecule has 0 unspecified atom stereocenters. The topological polar surface area (TPSA) is 70.8 Å². The summed E-state index contributed by atoms with van der Waals surface area (Å²) in [7, 11) is 1.62. The van der Waals surface area contributed by atoms with Gasteiger partial charge in [0.05, 0.1) is 12.8 Å². The van der Waals surface area contributed by atoms with Crippen LogP contribution in [0.2, 0.25) is 0 Å². The molecule has 0 spiro atoms. The summed E-state index contributed by atoms with van der Waals surface area (Å²) in [6.07, 6.45) is 1.92. The van der Waals surface area contributed by atoms with Crippen LogP contribution in [0.4, 0.5) is 11.5 Å². The fourth-order valence-electron chi connectivity index (χ4n) is 2.90. The number of nitriles is 1. The first kappa shape index (κ1) is 20.7. The highest BCUT2D eigenvalue weighted by Crippen LogP contribution is 2.32. The molecule has 2 aromatic carbocycles. The lowest BCUT2D eigenvalue weighted by Crippen LogP contribution is -2.10. The van der Waals surface area contributed by atoms with Crippen LogP contribution in [0.1, 0.15) is 31.9 Å². The largest absolute Gasteiger partial charge is 0.497 e. The van der Waals surface area contributed by atoms with Gasteiger partial charge < -0.3 is 10.1 Å². The van der Waals surface area contributed by atoms with E-state index in [1.165, 1.54) is 17.3 Å². The Labute approximate surface area is 176 Å². The standard InChI is InChI=1S/C23H24N4OS/c1-23(2,3)16-11-9-15(10-12-16)20-19(14-24)21(27-22(26-20)29-5)25-17-7-6-8-18(13-17)28-4/h6-13H,1-5H3,(H,25,26,27). The minimum atomic E-state index is 0.0613. The van der Waals surface area contributed by atoms with Crippen molar-refractivity contribution in [3.05, 3.63) is 59.7 Å². The van der Waals surface area contributed by atoms with Gasteiger partial charge in [0.1, 0.15) is 17.4 Å². The molecule has 0 aliphatic rings. The van der Waals surface area contributed by atoms with E-state index in [2.05, 4.69) is 54.3 Å². The van der Waals surface area contributed by atoms with Crippen LogP contribution >= 0.6 is 11.8 Å². The molecule has 0 radical (unpaired) electrons. The lowest BCUT2D eigenvalue weighted by Gasteiger charge is -2.19. The van der Waals surface area contributed by atoms with E-state index < -0.39 is 0 Å². The monoisotopic (exact) mass is 404 g/mol. The second-order valence-electron chi connectivity index (χ2n) is 7.58. The summed E-state index contributed by atoms with van der Waals surface area (Å²) in [5.74, 6) is 1.21. The third-order valence-electron chi connectivity index (χ3n) is 4.54. The molecule has 5 nitrogen and oxygen atoms in total. The van der Waals surface area contributed by atoms with Crippen LogP contribution in [0.25, 0.3) is 11.3 Å². The van der Waals surface area contributed by atoms with Gasteiger partial charge in [0.2, 0.25) is 0 Å². The Balaban J connectivity index is 2.08. The van der Waals surface area contributed by atoms with Gasteiger partial charge in [-0.25, -0.2) is 9.97 Å². The fourth-order valence-corrected chi connectivity index (χ4v) is 3.27. The Morgan fingerprint density at radius 1 is 1.07 bits per heavy atom. The molecule has 3 rings (SSSR count). The smallest absolute Gasteiger partial charge is 0.189 e. The van der Waals surface area contributed by atoms with Crippen molar-refractivity contribution in [3.8, 4) is 23.1 Å². The van der Waals surface area contributed by atoms with E-state index in [0.29, 0.717) is 22.2 Å². The fraction of sp³-hybridized carbons (Fsp3) is 0.261. The maximum Gasteiger partial charge on any atom is 0.189 e. The van der Waals surface area contributed by atoms with Gasteiger partial charge in [-0.1, -0.05) is 62.9 Å². The summed E-state index contributed by atoms with van der Waals surface area (Å²) >= 11 is 1.44. The average Bonchev–Trinajstić information content (AvgIpc) is 2.72. The first-order chi connectivity index (χ1) is 13.9. The van der Waals surface area contributed by atoms with Gasteiger partial charge in [-0.15, -0.1) is 0 Å². The molecule has 0 fully saturated rings. The molecule has 1 heterocycles. The SMILES string of the molecule is COc1cccc(Nc2nc(SC)nc(-c3ccc(C(C)(C)C)cc3)c2C#N)c1. The van der Waals surface area contributed by atoms with Crippen molar-refractivity contribution < 1.29 is 4.74 Å². The molecule has 0 aliphatic heterocycles. The van der Waals surface area contributed by atoms with E-state index in [-0.39, 0.29) is 5.41 Å². The second kappa shape index (κ2) is 8.54. The number of rotatable bonds is 5. The third-order valence-corrected chi connectivity index (χ3v) is 5.09. The number of hydrogen-bond acceptors (Lipinski definition) is 6. The Hall–Kier alpha value is -3.04. The van der Waals surface area contributed by atoms with Crippen molar-refractivity contribution in [2.45, 2.75) is 31.3 Å². The normalized spacial score (nSPS) is 11.0. The summed E-state index contributed by atoms with van der Waals surface area (Å²) in [5.41, 5.74) is 4.01. The predicted octanol–water partition coefficient (Wildman–Crippen LogP) is 5.79. The predicted molar refractivity (Wildman–Crippen MR) is 119 cm³/mol. The second-order valence-corrected chi connectivity index (χ2v) is 8.35. The third kappa shape index (κ3) is 4.69.